The number of hydrogen-bond acceptors (Lipinski definition) is 3. The van der Waals surface area contributed by atoms with Gasteiger partial charge in [-0.1, -0.05) is 26.7 Å². The minimum atomic E-state index is -0.384. The van der Waals surface area contributed by atoms with E-state index >= 15 is 0 Å². The van der Waals surface area contributed by atoms with Gasteiger partial charge in [-0.05, 0) is 25.2 Å². The second kappa shape index (κ2) is 6.97. The number of nitrogens with one attached hydrogen (secondary N) is 1. The predicted octanol–water partition coefficient (Wildman–Crippen LogP) is 1.03. The van der Waals surface area contributed by atoms with Crippen molar-refractivity contribution in [1.82, 2.24) is 5.32 Å². The van der Waals surface area contributed by atoms with Gasteiger partial charge in [0.25, 0.3) is 0 Å². The third kappa shape index (κ3) is 4.64. The molecule has 0 aliphatic heterocycles. The number of carbonyl (C=O) groups excluding carboxylic acids is 1. The van der Waals surface area contributed by atoms with Crippen molar-refractivity contribution in [2.45, 2.75) is 58.1 Å². The highest BCUT2D eigenvalue weighted by Crippen LogP contribution is 2.19. The zero-order valence-corrected chi connectivity index (χ0v) is 11.0. The molecule has 0 aromatic heterocycles. The van der Waals surface area contributed by atoms with Crippen molar-refractivity contribution in [3.8, 4) is 0 Å². The zero-order chi connectivity index (χ0) is 12.8. The highest BCUT2D eigenvalue weighted by molar-refractivity contribution is 5.79. The van der Waals surface area contributed by atoms with Crippen molar-refractivity contribution in [3.05, 3.63) is 0 Å². The van der Waals surface area contributed by atoms with Crippen LogP contribution in [-0.4, -0.2) is 29.7 Å². The summed E-state index contributed by atoms with van der Waals surface area (Å²) in [6.07, 6.45) is 4.24. The van der Waals surface area contributed by atoms with Gasteiger partial charge in [0.05, 0.1) is 18.1 Å². The van der Waals surface area contributed by atoms with E-state index in [1.165, 1.54) is 0 Å². The van der Waals surface area contributed by atoms with E-state index in [1.54, 1.807) is 0 Å². The molecule has 1 saturated carbocycles. The Morgan fingerprint density at radius 1 is 1.41 bits per heavy atom. The smallest absolute Gasteiger partial charge is 0.224 e. The molecule has 0 bridgehead atoms. The van der Waals surface area contributed by atoms with Gasteiger partial charge in [-0.3, -0.25) is 4.79 Å². The summed E-state index contributed by atoms with van der Waals surface area (Å²) in [5.74, 6) is 0.349. The van der Waals surface area contributed by atoms with Gasteiger partial charge in [-0.25, -0.2) is 0 Å². The Kier molecular flexibility index (Phi) is 5.92. The molecule has 1 aliphatic rings. The third-order valence-electron chi connectivity index (χ3n) is 3.47. The Bertz CT molecular complexity index is 244. The topological polar surface area (TPSA) is 75.4 Å². The van der Waals surface area contributed by atoms with E-state index in [0.29, 0.717) is 12.5 Å². The van der Waals surface area contributed by atoms with E-state index in [0.717, 1.165) is 32.1 Å². The molecule has 0 spiro atoms. The SMILES string of the molecule is CC(C)CC(CN)C(=O)NC1CCCCC1O. The maximum Gasteiger partial charge on any atom is 0.224 e. The Labute approximate surface area is 104 Å². The molecule has 1 amide bonds. The van der Waals surface area contributed by atoms with Gasteiger partial charge in [0.15, 0.2) is 0 Å². The first-order chi connectivity index (χ1) is 8.04. The molecule has 4 nitrogen and oxygen atoms in total. The van der Waals surface area contributed by atoms with Crippen LogP contribution in [0.4, 0.5) is 0 Å². The molecule has 1 rings (SSSR count). The monoisotopic (exact) mass is 242 g/mol. The van der Waals surface area contributed by atoms with Crippen molar-refractivity contribution >= 4 is 5.91 Å². The Morgan fingerprint density at radius 3 is 2.59 bits per heavy atom. The van der Waals surface area contributed by atoms with E-state index in [2.05, 4.69) is 19.2 Å². The zero-order valence-electron chi connectivity index (χ0n) is 11.0. The molecule has 1 fully saturated rings. The molecule has 0 radical (unpaired) electrons. The summed E-state index contributed by atoms with van der Waals surface area (Å²) in [6, 6.07) is -0.0718. The second-order valence-corrected chi connectivity index (χ2v) is 5.53. The molecule has 0 heterocycles. The van der Waals surface area contributed by atoms with Crippen LogP contribution in [0.5, 0.6) is 0 Å². The number of aliphatic hydroxyl groups is 1. The lowest BCUT2D eigenvalue weighted by Crippen LogP contribution is -2.48. The van der Waals surface area contributed by atoms with E-state index in [1.807, 2.05) is 0 Å². The minimum absolute atomic E-state index is 0.00662. The summed E-state index contributed by atoms with van der Waals surface area (Å²) in [7, 11) is 0. The van der Waals surface area contributed by atoms with Crippen LogP contribution in [0.1, 0.15) is 46.0 Å². The Morgan fingerprint density at radius 2 is 2.06 bits per heavy atom. The first-order valence-corrected chi connectivity index (χ1v) is 6.73. The molecular weight excluding hydrogens is 216 g/mol. The third-order valence-corrected chi connectivity index (χ3v) is 3.47. The normalized spacial score (nSPS) is 26.9. The maximum atomic E-state index is 12.0. The van der Waals surface area contributed by atoms with Crippen LogP contribution >= 0.6 is 0 Å². The van der Waals surface area contributed by atoms with Crippen LogP contribution in [0.3, 0.4) is 0 Å². The van der Waals surface area contributed by atoms with Crippen LogP contribution in [-0.2, 0) is 4.79 Å². The lowest BCUT2D eigenvalue weighted by Gasteiger charge is -2.30. The van der Waals surface area contributed by atoms with E-state index < -0.39 is 0 Å². The predicted molar refractivity (Wildman–Crippen MR) is 68.4 cm³/mol. The van der Waals surface area contributed by atoms with Gasteiger partial charge < -0.3 is 16.2 Å². The van der Waals surface area contributed by atoms with Crippen molar-refractivity contribution < 1.29 is 9.90 Å². The van der Waals surface area contributed by atoms with Crippen molar-refractivity contribution in [1.29, 1.82) is 0 Å². The number of hydrogen-bond donors (Lipinski definition) is 3. The van der Waals surface area contributed by atoms with Gasteiger partial charge in [0.1, 0.15) is 0 Å². The summed E-state index contributed by atoms with van der Waals surface area (Å²) in [5.41, 5.74) is 5.64. The fraction of sp³-hybridized carbons (Fsp3) is 0.923. The van der Waals surface area contributed by atoms with Gasteiger partial charge in [0, 0.05) is 6.54 Å². The lowest BCUT2D eigenvalue weighted by atomic mass is 9.91. The number of carbonyl (C=O) groups is 1. The first-order valence-electron chi connectivity index (χ1n) is 6.73. The Balaban J connectivity index is 2.45. The number of aliphatic hydroxyl groups excluding tert-OH is 1. The maximum absolute atomic E-state index is 12.0. The van der Waals surface area contributed by atoms with E-state index in [9.17, 15) is 9.90 Å². The standard InChI is InChI=1S/C13H26N2O2/c1-9(2)7-10(8-14)13(17)15-11-5-3-4-6-12(11)16/h9-12,16H,3-8,14H2,1-2H3,(H,15,17). The molecule has 3 atom stereocenters. The summed E-state index contributed by atoms with van der Waals surface area (Å²) >= 11 is 0. The van der Waals surface area contributed by atoms with Crippen LogP contribution in [0.2, 0.25) is 0 Å². The average Bonchev–Trinajstić information content (AvgIpc) is 2.28. The van der Waals surface area contributed by atoms with Crippen molar-refractivity contribution in [2.75, 3.05) is 6.54 Å². The van der Waals surface area contributed by atoms with Gasteiger partial charge >= 0.3 is 0 Å². The first kappa shape index (κ1) is 14.5. The Hall–Kier alpha value is -0.610. The van der Waals surface area contributed by atoms with Crippen molar-refractivity contribution in [2.24, 2.45) is 17.6 Å². The molecule has 3 unspecified atom stereocenters. The van der Waals surface area contributed by atoms with Crippen molar-refractivity contribution in [3.63, 3.8) is 0 Å². The molecule has 4 N–H and O–H groups in total. The average molecular weight is 242 g/mol. The number of nitrogens with two attached hydrogens (primary N) is 1. The quantitative estimate of drug-likeness (QED) is 0.674. The summed E-state index contributed by atoms with van der Waals surface area (Å²) in [6.45, 7) is 4.56. The van der Waals surface area contributed by atoms with E-state index in [4.69, 9.17) is 5.73 Å². The van der Waals surface area contributed by atoms with Crippen LogP contribution < -0.4 is 11.1 Å². The summed E-state index contributed by atoms with van der Waals surface area (Å²) < 4.78 is 0. The molecule has 100 valence electrons. The molecule has 0 aromatic carbocycles. The molecule has 1 aliphatic carbocycles. The molecule has 0 saturated heterocycles. The highest BCUT2D eigenvalue weighted by Gasteiger charge is 2.27. The molecule has 0 aromatic rings. The van der Waals surface area contributed by atoms with Crippen LogP contribution in [0.25, 0.3) is 0 Å². The lowest BCUT2D eigenvalue weighted by molar-refractivity contribution is -0.127. The minimum Gasteiger partial charge on any atom is -0.391 e. The molecule has 4 heteroatoms. The van der Waals surface area contributed by atoms with Crippen LogP contribution in [0, 0.1) is 11.8 Å². The largest absolute Gasteiger partial charge is 0.391 e. The number of rotatable bonds is 5. The van der Waals surface area contributed by atoms with Crippen LogP contribution in [0.15, 0.2) is 0 Å². The van der Waals surface area contributed by atoms with Gasteiger partial charge in [0.2, 0.25) is 5.91 Å². The molecule has 17 heavy (non-hydrogen) atoms. The van der Waals surface area contributed by atoms with E-state index in [-0.39, 0.29) is 24.0 Å². The van der Waals surface area contributed by atoms with Gasteiger partial charge in [-0.2, -0.15) is 0 Å². The fourth-order valence-corrected chi connectivity index (χ4v) is 2.46. The van der Waals surface area contributed by atoms with Gasteiger partial charge in [-0.15, -0.1) is 0 Å². The summed E-state index contributed by atoms with van der Waals surface area (Å²) in [5, 5.41) is 12.8. The fourth-order valence-electron chi connectivity index (χ4n) is 2.46. The second-order valence-electron chi connectivity index (χ2n) is 5.53. The summed E-state index contributed by atoms with van der Waals surface area (Å²) in [4.78, 5) is 12.0. The number of amides is 1. The molecular formula is C13H26N2O2. The highest BCUT2D eigenvalue weighted by atomic mass is 16.3.